The minimum absolute atomic E-state index is 0.0928. The molecular formula is C14H21BrN2O4S2. The van der Waals surface area contributed by atoms with Crippen molar-refractivity contribution in [3.63, 3.8) is 0 Å². The topological polar surface area (TPSA) is 74.8 Å². The van der Waals surface area contributed by atoms with Gasteiger partial charge in [-0.1, -0.05) is 0 Å². The van der Waals surface area contributed by atoms with Crippen LogP contribution in [0.25, 0.3) is 0 Å². The van der Waals surface area contributed by atoms with Crippen molar-refractivity contribution in [2.24, 2.45) is 5.92 Å². The number of hydrogen-bond donors (Lipinski definition) is 0. The van der Waals surface area contributed by atoms with Crippen molar-refractivity contribution < 1.29 is 16.8 Å². The van der Waals surface area contributed by atoms with Crippen LogP contribution in [0.15, 0.2) is 32.5 Å². The molecule has 0 N–H and O–H groups in total. The molecule has 1 atom stereocenters. The Hall–Kier alpha value is -0.480. The summed E-state index contributed by atoms with van der Waals surface area (Å²) < 4.78 is 50.4. The maximum atomic E-state index is 12.8. The molecule has 0 spiro atoms. The molecule has 0 amide bonds. The first-order valence-corrected chi connectivity index (χ1v) is 11.3. The molecule has 1 aliphatic rings. The van der Waals surface area contributed by atoms with Gasteiger partial charge in [0.15, 0.2) is 9.84 Å². The van der Waals surface area contributed by atoms with Crippen molar-refractivity contribution in [2.45, 2.75) is 16.2 Å². The molecule has 0 bridgehead atoms. The van der Waals surface area contributed by atoms with E-state index in [2.05, 4.69) is 20.8 Å². The van der Waals surface area contributed by atoms with Crippen molar-refractivity contribution in [2.75, 3.05) is 40.0 Å². The number of rotatable bonds is 5. The normalized spacial score (nSPS) is 20.3. The molecule has 0 radical (unpaired) electrons. The zero-order valence-electron chi connectivity index (χ0n) is 13.4. The maximum Gasteiger partial charge on any atom is 0.244 e. The highest BCUT2D eigenvalue weighted by atomic mass is 79.9. The minimum Gasteiger partial charge on any atom is -0.309 e. The predicted octanol–water partition coefficient (Wildman–Crippen LogP) is 1.42. The quantitative estimate of drug-likeness (QED) is 0.714. The molecule has 0 aliphatic carbocycles. The molecule has 130 valence electrons. The van der Waals surface area contributed by atoms with E-state index < -0.39 is 19.9 Å². The van der Waals surface area contributed by atoms with Gasteiger partial charge in [0.1, 0.15) is 0 Å². The second-order valence-corrected chi connectivity index (χ2v) is 10.9. The Morgan fingerprint density at radius 1 is 1.26 bits per heavy atom. The van der Waals surface area contributed by atoms with Crippen molar-refractivity contribution in [1.29, 1.82) is 0 Å². The number of sulfone groups is 1. The van der Waals surface area contributed by atoms with Gasteiger partial charge in [0.05, 0.1) is 9.79 Å². The van der Waals surface area contributed by atoms with Crippen LogP contribution in [0.3, 0.4) is 0 Å². The van der Waals surface area contributed by atoms with E-state index in [0.717, 1.165) is 19.2 Å². The SMILES string of the molecule is CN(C)CC1CCN(S(=O)(=O)c2ccc(S(C)(=O)=O)cc2Br)C1. The third-order valence-corrected chi connectivity index (χ3v) is 7.77. The molecule has 9 heteroatoms. The summed E-state index contributed by atoms with van der Waals surface area (Å²) in [5, 5.41) is 0. The molecule has 1 fully saturated rings. The van der Waals surface area contributed by atoms with E-state index in [9.17, 15) is 16.8 Å². The Labute approximate surface area is 146 Å². The summed E-state index contributed by atoms with van der Waals surface area (Å²) in [6.45, 7) is 1.82. The van der Waals surface area contributed by atoms with Gasteiger partial charge in [-0.15, -0.1) is 0 Å². The molecule has 1 aromatic rings. The van der Waals surface area contributed by atoms with Crippen LogP contribution < -0.4 is 0 Å². The predicted molar refractivity (Wildman–Crippen MR) is 92.7 cm³/mol. The first kappa shape index (κ1) is 18.9. The summed E-state index contributed by atoms with van der Waals surface area (Å²) in [4.78, 5) is 2.25. The van der Waals surface area contributed by atoms with Crippen molar-refractivity contribution in [3.05, 3.63) is 22.7 Å². The summed E-state index contributed by atoms with van der Waals surface area (Å²) in [7, 11) is -3.06. The number of hydrogen-bond acceptors (Lipinski definition) is 5. The third-order valence-electron chi connectivity index (χ3n) is 3.82. The zero-order valence-corrected chi connectivity index (χ0v) is 16.6. The lowest BCUT2D eigenvalue weighted by atomic mass is 10.1. The van der Waals surface area contributed by atoms with Crippen molar-refractivity contribution in [1.82, 2.24) is 9.21 Å². The first-order valence-electron chi connectivity index (χ1n) is 7.16. The van der Waals surface area contributed by atoms with E-state index in [1.165, 1.54) is 22.5 Å². The highest BCUT2D eigenvalue weighted by Crippen LogP contribution is 2.30. The van der Waals surface area contributed by atoms with Gasteiger partial charge < -0.3 is 4.90 Å². The maximum absolute atomic E-state index is 12.8. The second-order valence-electron chi connectivity index (χ2n) is 6.14. The minimum atomic E-state index is -3.63. The van der Waals surface area contributed by atoms with Crippen LogP contribution in [0.4, 0.5) is 0 Å². The van der Waals surface area contributed by atoms with Gasteiger partial charge in [-0.3, -0.25) is 0 Å². The Bertz CT molecular complexity index is 791. The first-order chi connectivity index (χ1) is 10.5. The monoisotopic (exact) mass is 424 g/mol. The van der Waals surface area contributed by atoms with Gasteiger partial charge in [-0.05, 0) is 60.6 Å². The highest BCUT2D eigenvalue weighted by molar-refractivity contribution is 9.10. The van der Waals surface area contributed by atoms with Crippen LogP contribution in [0.1, 0.15) is 6.42 Å². The van der Waals surface area contributed by atoms with Gasteiger partial charge in [0, 0.05) is 30.4 Å². The second kappa shape index (κ2) is 6.79. The number of nitrogens with zero attached hydrogens (tertiary/aromatic N) is 2. The Morgan fingerprint density at radius 2 is 1.91 bits per heavy atom. The fourth-order valence-corrected chi connectivity index (χ4v) is 6.11. The largest absolute Gasteiger partial charge is 0.309 e. The zero-order chi connectivity index (χ0) is 17.4. The molecule has 0 aromatic heterocycles. The Balaban J connectivity index is 2.27. The van der Waals surface area contributed by atoms with Gasteiger partial charge in [-0.25, -0.2) is 16.8 Å². The molecule has 1 saturated heterocycles. The van der Waals surface area contributed by atoms with E-state index in [1.807, 2.05) is 14.1 Å². The van der Waals surface area contributed by atoms with Gasteiger partial charge in [0.25, 0.3) is 0 Å². The lowest BCUT2D eigenvalue weighted by Gasteiger charge is -2.19. The molecule has 0 saturated carbocycles. The molecule has 1 aromatic carbocycles. The van der Waals surface area contributed by atoms with Crippen molar-refractivity contribution >= 4 is 35.8 Å². The summed E-state index contributed by atoms with van der Waals surface area (Å²) in [5.41, 5.74) is 0. The molecule has 2 rings (SSSR count). The summed E-state index contributed by atoms with van der Waals surface area (Å²) >= 11 is 3.20. The van der Waals surface area contributed by atoms with E-state index in [0.29, 0.717) is 19.0 Å². The van der Waals surface area contributed by atoms with Crippen LogP contribution in [-0.2, 0) is 19.9 Å². The summed E-state index contributed by atoms with van der Waals surface area (Å²) in [6.07, 6.45) is 1.92. The number of halogens is 1. The molecule has 1 heterocycles. The Morgan fingerprint density at radius 3 is 2.43 bits per heavy atom. The fourth-order valence-electron chi connectivity index (χ4n) is 2.74. The van der Waals surface area contributed by atoms with E-state index in [1.54, 1.807) is 0 Å². The molecular weight excluding hydrogens is 404 g/mol. The van der Waals surface area contributed by atoms with E-state index in [4.69, 9.17) is 0 Å². The number of sulfonamides is 1. The van der Waals surface area contributed by atoms with Crippen LogP contribution in [-0.4, -0.2) is 66.0 Å². The fraction of sp³-hybridized carbons (Fsp3) is 0.571. The smallest absolute Gasteiger partial charge is 0.244 e. The summed E-state index contributed by atoms with van der Waals surface area (Å²) in [5.74, 6) is 0.314. The van der Waals surface area contributed by atoms with Gasteiger partial charge in [0.2, 0.25) is 10.0 Å². The molecule has 23 heavy (non-hydrogen) atoms. The third kappa shape index (κ3) is 4.33. The van der Waals surface area contributed by atoms with Gasteiger partial charge >= 0.3 is 0 Å². The lowest BCUT2D eigenvalue weighted by Crippen LogP contribution is -2.31. The van der Waals surface area contributed by atoms with Crippen LogP contribution in [0.5, 0.6) is 0 Å². The molecule has 1 aliphatic heterocycles. The van der Waals surface area contributed by atoms with Gasteiger partial charge in [-0.2, -0.15) is 4.31 Å². The molecule has 6 nitrogen and oxygen atoms in total. The lowest BCUT2D eigenvalue weighted by molar-refractivity contribution is 0.329. The highest BCUT2D eigenvalue weighted by Gasteiger charge is 2.34. The Kier molecular flexibility index (Phi) is 5.57. The van der Waals surface area contributed by atoms with Crippen molar-refractivity contribution in [3.8, 4) is 0 Å². The number of benzene rings is 1. The standard InChI is InChI=1S/C14H21BrN2O4S2/c1-16(2)9-11-6-7-17(10-11)23(20,21)14-5-4-12(8-13(14)15)22(3,18)19/h4-5,8,11H,6-7,9-10H2,1-3H3. The average molecular weight is 425 g/mol. The van der Waals surface area contributed by atoms with Crippen LogP contribution in [0, 0.1) is 5.92 Å². The van der Waals surface area contributed by atoms with E-state index in [-0.39, 0.29) is 14.3 Å². The van der Waals surface area contributed by atoms with Crippen LogP contribution >= 0.6 is 15.9 Å². The van der Waals surface area contributed by atoms with Crippen LogP contribution in [0.2, 0.25) is 0 Å². The summed E-state index contributed by atoms with van der Waals surface area (Å²) in [6, 6.07) is 4.03. The van der Waals surface area contributed by atoms with E-state index >= 15 is 0 Å². The molecule has 1 unspecified atom stereocenters. The average Bonchev–Trinajstić information content (AvgIpc) is 2.85.